The molecule has 0 saturated carbocycles. The van der Waals surface area contributed by atoms with Crippen LogP contribution in [0.15, 0.2) is 24.3 Å². The van der Waals surface area contributed by atoms with Gasteiger partial charge in [0, 0.05) is 4.92 Å². The molecule has 0 radical (unpaired) electrons. The van der Waals surface area contributed by atoms with Crippen LogP contribution < -0.4 is 0 Å². The summed E-state index contributed by atoms with van der Waals surface area (Å²) >= 11 is 0. The van der Waals surface area contributed by atoms with Crippen molar-refractivity contribution >= 4 is 11.8 Å². The fourth-order valence-electron chi connectivity index (χ4n) is 0.898. The third-order valence-electron chi connectivity index (χ3n) is 1.46. The van der Waals surface area contributed by atoms with E-state index >= 15 is 0 Å². The second-order valence-electron chi connectivity index (χ2n) is 2.35. The molecule has 0 aliphatic rings. The van der Waals surface area contributed by atoms with Crippen molar-refractivity contribution < 1.29 is 9.85 Å². The van der Waals surface area contributed by atoms with Gasteiger partial charge in [-0.15, -0.1) is 12.1 Å². The van der Waals surface area contributed by atoms with Gasteiger partial charge in [-0.2, -0.15) is 0 Å². The summed E-state index contributed by atoms with van der Waals surface area (Å²) in [7, 11) is 0. The molecule has 0 saturated heterocycles. The molecule has 0 fully saturated rings. The molecule has 1 rings (SSSR count). The van der Waals surface area contributed by atoms with Crippen molar-refractivity contribution in [2.24, 2.45) is 0 Å². The molecule has 72 valence electrons. The molecule has 6 nitrogen and oxygen atoms in total. The number of rotatable bonds is 3. The van der Waals surface area contributed by atoms with Crippen LogP contribution in [0.4, 0.5) is 5.69 Å². The number of hydrogen-bond donors (Lipinski definition) is 0. The maximum Gasteiger partial charge on any atom is 0.199 e. The first-order valence-electron chi connectivity index (χ1n) is 3.58. The van der Waals surface area contributed by atoms with Gasteiger partial charge in [-0.3, -0.25) is 20.2 Å². The first-order valence-corrected chi connectivity index (χ1v) is 3.58. The second kappa shape index (κ2) is 4.13. The highest BCUT2D eigenvalue weighted by atomic mass is 16.6. The van der Waals surface area contributed by atoms with E-state index in [0.29, 0.717) is 0 Å². The monoisotopic (exact) mass is 193 g/mol. The number of hydrogen-bond acceptors (Lipinski definition) is 4. The number of nitro groups is 2. The SMILES string of the molecule is O=[N+]([O-])[C-]=Cc1ccccc1[N+](=O)[O-]. The van der Waals surface area contributed by atoms with Crippen molar-refractivity contribution in [3.8, 4) is 0 Å². The molecular formula is C8H5N2O4-. The Kier molecular flexibility index (Phi) is 2.90. The molecule has 0 aliphatic heterocycles. The zero-order valence-corrected chi connectivity index (χ0v) is 6.91. The molecule has 0 N–H and O–H groups in total. The van der Waals surface area contributed by atoms with E-state index < -0.39 is 9.85 Å². The van der Waals surface area contributed by atoms with Gasteiger partial charge in [0.25, 0.3) is 0 Å². The summed E-state index contributed by atoms with van der Waals surface area (Å²) in [4.78, 5) is 19.0. The summed E-state index contributed by atoms with van der Waals surface area (Å²) in [6, 6.07) is 5.73. The van der Waals surface area contributed by atoms with Gasteiger partial charge in [0.05, 0.1) is 0 Å². The minimum atomic E-state index is -0.795. The van der Waals surface area contributed by atoms with Crippen molar-refractivity contribution in [3.05, 3.63) is 56.3 Å². The maximum absolute atomic E-state index is 10.5. The molecule has 1 aromatic carbocycles. The lowest BCUT2D eigenvalue weighted by molar-refractivity contribution is -0.418. The Bertz CT molecular complexity index is 400. The van der Waals surface area contributed by atoms with E-state index in [0.717, 1.165) is 6.08 Å². The number of para-hydroxylation sites is 1. The lowest BCUT2D eigenvalue weighted by atomic mass is 10.2. The minimum absolute atomic E-state index is 0.161. The zero-order chi connectivity index (χ0) is 10.6. The lowest BCUT2D eigenvalue weighted by Gasteiger charge is -2.01. The van der Waals surface area contributed by atoms with E-state index in [9.17, 15) is 20.2 Å². The van der Waals surface area contributed by atoms with Crippen LogP contribution in [0.3, 0.4) is 0 Å². The molecule has 14 heavy (non-hydrogen) atoms. The van der Waals surface area contributed by atoms with Crippen molar-refractivity contribution in [2.75, 3.05) is 0 Å². The molecule has 0 unspecified atom stereocenters. The fourth-order valence-corrected chi connectivity index (χ4v) is 0.898. The van der Waals surface area contributed by atoms with Crippen molar-refractivity contribution in [2.45, 2.75) is 0 Å². The Morgan fingerprint density at radius 3 is 2.43 bits per heavy atom. The van der Waals surface area contributed by atoms with Crippen LogP contribution in [0, 0.1) is 26.4 Å². The topological polar surface area (TPSA) is 86.3 Å². The Balaban J connectivity index is 3.07. The third-order valence-corrected chi connectivity index (χ3v) is 1.46. The Morgan fingerprint density at radius 1 is 1.21 bits per heavy atom. The van der Waals surface area contributed by atoms with Crippen molar-refractivity contribution in [1.29, 1.82) is 0 Å². The van der Waals surface area contributed by atoms with E-state index in [1.165, 1.54) is 18.2 Å². The highest BCUT2D eigenvalue weighted by molar-refractivity contribution is 5.58. The number of benzene rings is 1. The van der Waals surface area contributed by atoms with Crippen molar-refractivity contribution in [3.63, 3.8) is 0 Å². The van der Waals surface area contributed by atoms with E-state index in [-0.39, 0.29) is 11.3 Å². The fraction of sp³-hybridized carbons (Fsp3) is 0. The van der Waals surface area contributed by atoms with Gasteiger partial charge >= 0.3 is 0 Å². The smallest absolute Gasteiger partial charge is 0.199 e. The predicted octanol–water partition coefficient (Wildman–Crippen LogP) is 1.65. The van der Waals surface area contributed by atoms with E-state index in [2.05, 4.69) is 0 Å². The summed E-state index contributed by atoms with van der Waals surface area (Å²) < 4.78 is 0. The first-order chi connectivity index (χ1) is 6.61. The normalized spacial score (nSPS) is 10.3. The summed E-state index contributed by atoms with van der Waals surface area (Å²) in [6.45, 7) is 0. The molecule has 0 aromatic heterocycles. The maximum atomic E-state index is 10.5. The van der Waals surface area contributed by atoms with Crippen LogP contribution >= 0.6 is 0 Å². The molecule has 6 heteroatoms. The van der Waals surface area contributed by atoms with Gasteiger partial charge in [0.2, 0.25) is 0 Å². The molecule has 0 heterocycles. The first kappa shape index (κ1) is 9.85. The Morgan fingerprint density at radius 2 is 1.86 bits per heavy atom. The molecular weight excluding hydrogens is 188 g/mol. The van der Waals surface area contributed by atoms with Crippen LogP contribution in [0.5, 0.6) is 0 Å². The van der Waals surface area contributed by atoms with E-state index in [1.54, 1.807) is 12.3 Å². The van der Waals surface area contributed by atoms with Crippen LogP contribution in [-0.2, 0) is 0 Å². The Hall–Kier alpha value is -2.24. The summed E-state index contributed by atoms with van der Waals surface area (Å²) in [5.41, 5.74) is -0.0175. The third kappa shape index (κ3) is 2.37. The van der Waals surface area contributed by atoms with Crippen LogP contribution in [0.25, 0.3) is 6.08 Å². The quantitative estimate of drug-likeness (QED) is 0.316. The van der Waals surface area contributed by atoms with Crippen LogP contribution in [0.2, 0.25) is 0 Å². The summed E-state index contributed by atoms with van der Waals surface area (Å²) in [5.74, 6) is 0. The molecule has 0 spiro atoms. The van der Waals surface area contributed by atoms with Gasteiger partial charge < -0.3 is 0 Å². The molecule has 1 aromatic rings. The number of nitro benzene ring substituents is 1. The van der Waals surface area contributed by atoms with Gasteiger partial charge in [0.15, 0.2) is 5.69 Å². The molecule has 0 bridgehead atoms. The summed E-state index contributed by atoms with van der Waals surface area (Å²) in [6.07, 6.45) is 2.72. The highest BCUT2D eigenvalue weighted by Gasteiger charge is 2.02. The molecule has 0 amide bonds. The van der Waals surface area contributed by atoms with Gasteiger partial charge in [0.1, 0.15) is 6.20 Å². The molecule has 0 aliphatic carbocycles. The Labute approximate surface area is 78.8 Å². The van der Waals surface area contributed by atoms with Gasteiger partial charge in [-0.25, -0.2) is 0 Å². The summed E-state index contributed by atoms with van der Waals surface area (Å²) in [5, 5.41) is 20.4. The van der Waals surface area contributed by atoms with Gasteiger partial charge in [-0.05, 0) is 11.0 Å². The average molecular weight is 193 g/mol. The minimum Gasteiger partial charge on any atom is -0.278 e. The molecule has 0 atom stereocenters. The lowest BCUT2D eigenvalue weighted by Crippen LogP contribution is -1.91. The van der Waals surface area contributed by atoms with Gasteiger partial charge in [-0.1, -0.05) is 17.7 Å². The van der Waals surface area contributed by atoms with Crippen LogP contribution in [-0.4, -0.2) is 9.85 Å². The predicted molar refractivity (Wildman–Crippen MR) is 47.8 cm³/mol. The van der Waals surface area contributed by atoms with E-state index in [1.807, 2.05) is 0 Å². The number of nitrogens with zero attached hydrogens (tertiary/aromatic N) is 2. The van der Waals surface area contributed by atoms with E-state index in [4.69, 9.17) is 0 Å². The zero-order valence-electron chi connectivity index (χ0n) is 6.91. The standard InChI is InChI=1S/C8H5N2O4/c11-9(12)6-5-7-3-1-2-4-8(7)10(13)14/h1-5H/q-1. The van der Waals surface area contributed by atoms with Crippen molar-refractivity contribution in [1.82, 2.24) is 0 Å². The van der Waals surface area contributed by atoms with Crippen LogP contribution in [0.1, 0.15) is 5.56 Å². The second-order valence-corrected chi connectivity index (χ2v) is 2.35. The average Bonchev–Trinajstić information content (AvgIpc) is 2.15. The largest absolute Gasteiger partial charge is 0.278 e. The highest BCUT2D eigenvalue weighted by Crippen LogP contribution is 2.18.